The first-order valence-electron chi connectivity index (χ1n) is 7.49. The molecule has 1 fully saturated rings. The number of hydrogen-bond acceptors (Lipinski definition) is 4. The molecule has 2 atom stereocenters. The van der Waals surface area contributed by atoms with Crippen molar-refractivity contribution in [2.75, 3.05) is 18.1 Å². The van der Waals surface area contributed by atoms with Crippen LogP contribution in [0.2, 0.25) is 0 Å². The van der Waals surface area contributed by atoms with E-state index in [9.17, 15) is 23.1 Å². The Kier molecular flexibility index (Phi) is 5.09. The summed E-state index contributed by atoms with van der Waals surface area (Å²) in [5, 5.41) is 9.23. The molecule has 1 aromatic carbocycles. The molecule has 0 aromatic heterocycles. The molecule has 1 N–H and O–H groups in total. The van der Waals surface area contributed by atoms with Gasteiger partial charge in [0.2, 0.25) is 5.91 Å². The fourth-order valence-electron chi connectivity index (χ4n) is 2.72. The highest BCUT2D eigenvalue weighted by atomic mass is 32.2. The molecule has 0 saturated carbocycles. The molecule has 0 spiro atoms. The van der Waals surface area contributed by atoms with Gasteiger partial charge in [-0.2, -0.15) is 0 Å². The van der Waals surface area contributed by atoms with E-state index in [0.29, 0.717) is 6.42 Å². The predicted molar refractivity (Wildman–Crippen MR) is 85.8 cm³/mol. The average Bonchev–Trinajstić information content (AvgIpc) is 2.48. The van der Waals surface area contributed by atoms with Crippen LogP contribution in [0.3, 0.4) is 0 Å². The monoisotopic (exact) mass is 339 g/mol. The molecule has 6 nitrogen and oxygen atoms in total. The Labute approximate surface area is 136 Å². The van der Waals surface area contributed by atoms with Crippen molar-refractivity contribution in [2.24, 2.45) is 5.92 Å². The van der Waals surface area contributed by atoms with Gasteiger partial charge in [0.25, 0.3) is 0 Å². The molecule has 0 bridgehead atoms. The van der Waals surface area contributed by atoms with Gasteiger partial charge in [-0.25, -0.2) is 13.2 Å². The Hall–Kier alpha value is -1.89. The van der Waals surface area contributed by atoms with Crippen LogP contribution in [0.15, 0.2) is 24.3 Å². The van der Waals surface area contributed by atoms with Gasteiger partial charge in [-0.1, -0.05) is 36.8 Å². The topological polar surface area (TPSA) is 91.8 Å². The van der Waals surface area contributed by atoms with Gasteiger partial charge in [0, 0.05) is 12.5 Å². The number of carboxylic acid groups (broad SMARTS) is 1. The zero-order chi connectivity index (χ0) is 17.2. The first-order chi connectivity index (χ1) is 10.7. The molecule has 2 rings (SSSR count). The standard InChI is InChI=1S/C16H21NO5S/c1-11-3-5-13(6-4-11)9-12(2)15(18)17-7-8-23(21,22)10-14(17)16(19)20/h3-6,12,14H,7-10H2,1-2H3,(H,19,20). The minimum atomic E-state index is -3.41. The molecule has 1 saturated heterocycles. The van der Waals surface area contributed by atoms with Crippen LogP contribution in [0.5, 0.6) is 0 Å². The summed E-state index contributed by atoms with van der Waals surface area (Å²) in [7, 11) is -3.41. The van der Waals surface area contributed by atoms with Crippen LogP contribution in [-0.2, 0) is 25.8 Å². The quantitative estimate of drug-likeness (QED) is 0.879. The molecule has 126 valence electrons. The molecule has 1 aliphatic rings. The third-order valence-corrected chi connectivity index (χ3v) is 5.71. The molecule has 0 aliphatic carbocycles. The van der Waals surface area contributed by atoms with E-state index < -0.39 is 33.5 Å². The number of sulfone groups is 1. The molecule has 0 radical (unpaired) electrons. The van der Waals surface area contributed by atoms with Gasteiger partial charge in [-0.05, 0) is 18.9 Å². The van der Waals surface area contributed by atoms with Crippen molar-refractivity contribution < 1.29 is 23.1 Å². The second-order valence-electron chi connectivity index (χ2n) is 6.09. The molecule has 1 heterocycles. The highest BCUT2D eigenvalue weighted by molar-refractivity contribution is 7.91. The van der Waals surface area contributed by atoms with E-state index >= 15 is 0 Å². The lowest BCUT2D eigenvalue weighted by atomic mass is 9.98. The first kappa shape index (κ1) is 17.5. The van der Waals surface area contributed by atoms with Gasteiger partial charge in [0.1, 0.15) is 6.04 Å². The lowest BCUT2D eigenvalue weighted by molar-refractivity contribution is -0.150. The zero-order valence-electron chi connectivity index (χ0n) is 13.2. The molecule has 7 heteroatoms. The zero-order valence-corrected chi connectivity index (χ0v) is 14.0. The Morgan fingerprint density at radius 1 is 1.30 bits per heavy atom. The van der Waals surface area contributed by atoms with Crippen LogP contribution >= 0.6 is 0 Å². The van der Waals surface area contributed by atoms with Crippen molar-refractivity contribution in [3.63, 3.8) is 0 Å². The van der Waals surface area contributed by atoms with Gasteiger partial charge < -0.3 is 10.0 Å². The van der Waals surface area contributed by atoms with Crippen LogP contribution < -0.4 is 0 Å². The maximum absolute atomic E-state index is 12.6. The summed E-state index contributed by atoms with van der Waals surface area (Å²) in [6.07, 6.45) is 0.495. The van der Waals surface area contributed by atoms with Crippen molar-refractivity contribution >= 4 is 21.7 Å². The van der Waals surface area contributed by atoms with Crippen molar-refractivity contribution in [2.45, 2.75) is 26.3 Å². The average molecular weight is 339 g/mol. The van der Waals surface area contributed by atoms with Crippen molar-refractivity contribution in [1.82, 2.24) is 4.90 Å². The Balaban J connectivity index is 2.11. The number of carbonyl (C=O) groups is 2. The van der Waals surface area contributed by atoms with E-state index in [1.807, 2.05) is 31.2 Å². The van der Waals surface area contributed by atoms with Gasteiger partial charge in [-0.3, -0.25) is 4.79 Å². The normalized spacial score (nSPS) is 21.7. The lowest BCUT2D eigenvalue weighted by Gasteiger charge is -2.34. The summed E-state index contributed by atoms with van der Waals surface area (Å²) in [6.45, 7) is 3.66. The molecule has 1 aliphatic heterocycles. The van der Waals surface area contributed by atoms with Crippen molar-refractivity contribution in [3.8, 4) is 0 Å². The second kappa shape index (κ2) is 6.70. The van der Waals surface area contributed by atoms with Crippen LogP contribution in [0.25, 0.3) is 0 Å². The molecule has 23 heavy (non-hydrogen) atoms. The Bertz CT molecular complexity index is 696. The van der Waals surface area contributed by atoms with Gasteiger partial charge in [-0.15, -0.1) is 0 Å². The number of hydrogen-bond donors (Lipinski definition) is 1. The van der Waals surface area contributed by atoms with Gasteiger partial charge in [0.05, 0.1) is 11.5 Å². The summed E-state index contributed by atoms with van der Waals surface area (Å²) in [4.78, 5) is 25.1. The summed E-state index contributed by atoms with van der Waals surface area (Å²) < 4.78 is 23.3. The van der Waals surface area contributed by atoms with Crippen molar-refractivity contribution in [3.05, 3.63) is 35.4 Å². The van der Waals surface area contributed by atoms with E-state index in [1.165, 1.54) is 4.90 Å². The highest BCUT2D eigenvalue weighted by Crippen LogP contribution is 2.18. The summed E-state index contributed by atoms with van der Waals surface area (Å²) in [5.41, 5.74) is 2.12. The van der Waals surface area contributed by atoms with Crippen molar-refractivity contribution in [1.29, 1.82) is 0 Å². The minimum absolute atomic E-state index is 0.0592. The number of aryl methyl sites for hydroxylation is 1. The number of nitrogens with zero attached hydrogens (tertiary/aromatic N) is 1. The molecular weight excluding hydrogens is 318 g/mol. The van der Waals surface area contributed by atoms with E-state index in [-0.39, 0.29) is 18.2 Å². The second-order valence-corrected chi connectivity index (χ2v) is 8.32. The Morgan fingerprint density at radius 2 is 1.91 bits per heavy atom. The largest absolute Gasteiger partial charge is 0.480 e. The third-order valence-electron chi connectivity index (χ3n) is 4.08. The molecule has 1 amide bonds. The molecule has 1 aromatic rings. The smallest absolute Gasteiger partial charge is 0.327 e. The van der Waals surface area contributed by atoms with Crippen LogP contribution in [-0.4, -0.2) is 54.4 Å². The van der Waals surface area contributed by atoms with Crippen LogP contribution in [0.1, 0.15) is 18.1 Å². The van der Waals surface area contributed by atoms with Gasteiger partial charge >= 0.3 is 5.97 Å². The number of carbonyl (C=O) groups excluding carboxylic acids is 1. The summed E-state index contributed by atoms with van der Waals surface area (Å²) >= 11 is 0. The predicted octanol–water partition coefficient (Wildman–Crippen LogP) is 0.884. The highest BCUT2D eigenvalue weighted by Gasteiger charge is 2.39. The van der Waals surface area contributed by atoms with E-state index in [1.54, 1.807) is 6.92 Å². The lowest BCUT2D eigenvalue weighted by Crippen LogP contribution is -2.56. The van der Waals surface area contributed by atoms with Crippen LogP contribution in [0, 0.1) is 12.8 Å². The van der Waals surface area contributed by atoms with Crippen LogP contribution in [0.4, 0.5) is 0 Å². The van der Waals surface area contributed by atoms with E-state index in [2.05, 4.69) is 0 Å². The third kappa shape index (κ3) is 4.31. The van der Waals surface area contributed by atoms with E-state index in [4.69, 9.17) is 0 Å². The van der Waals surface area contributed by atoms with Gasteiger partial charge in [0.15, 0.2) is 9.84 Å². The molecule has 2 unspecified atom stereocenters. The summed E-state index contributed by atoms with van der Waals surface area (Å²) in [6, 6.07) is 6.50. The number of aliphatic carboxylic acids is 1. The fourth-order valence-corrected chi connectivity index (χ4v) is 4.17. The Morgan fingerprint density at radius 3 is 2.48 bits per heavy atom. The number of benzene rings is 1. The molecular formula is C16H21NO5S. The maximum Gasteiger partial charge on any atom is 0.327 e. The fraction of sp³-hybridized carbons (Fsp3) is 0.500. The number of amides is 1. The minimum Gasteiger partial charge on any atom is -0.480 e. The number of rotatable bonds is 4. The summed E-state index contributed by atoms with van der Waals surface area (Å²) in [5.74, 6) is -2.68. The maximum atomic E-state index is 12.6. The number of carboxylic acids is 1. The van der Waals surface area contributed by atoms with E-state index in [0.717, 1.165) is 11.1 Å². The first-order valence-corrected chi connectivity index (χ1v) is 9.31. The SMILES string of the molecule is Cc1ccc(CC(C)C(=O)N2CCS(=O)(=O)CC2C(=O)O)cc1.